The smallest absolute Gasteiger partial charge is 0.151 e. The fourth-order valence-corrected chi connectivity index (χ4v) is 4.30. The number of hydrogen-bond acceptors (Lipinski definition) is 2. The van der Waals surface area contributed by atoms with E-state index in [1.807, 2.05) is 6.07 Å². The largest absolute Gasteiger partial charge is 0.408 e. The average molecular weight is 283 g/mol. The highest BCUT2D eigenvalue weighted by Gasteiger charge is 2.32. The van der Waals surface area contributed by atoms with Gasteiger partial charge in [-0.1, -0.05) is 67.7 Å². The monoisotopic (exact) mass is 283 g/mol. The van der Waals surface area contributed by atoms with Crippen LogP contribution in [0.2, 0.25) is 19.6 Å². The minimum atomic E-state index is -1.42. The topological polar surface area (TPSA) is 21.3 Å². The first kappa shape index (κ1) is 13.4. The third-order valence-corrected chi connectivity index (χ3v) is 5.78. The van der Waals surface area contributed by atoms with Gasteiger partial charge in [0.2, 0.25) is 0 Å². The number of hydroxylamine groups is 1. The standard InChI is InChI=1S/C17H21NOSi/c1-12-10-14-16(13-8-6-5-7-9-13)18-19-17(14)15(11-12)20(2,3)4/h5-11,16,18H,1-4H3. The van der Waals surface area contributed by atoms with Crippen LogP contribution in [0.25, 0.3) is 0 Å². The van der Waals surface area contributed by atoms with E-state index < -0.39 is 8.07 Å². The summed E-state index contributed by atoms with van der Waals surface area (Å²) in [7, 11) is -1.42. The molecular weight excluding hydrogens is 262 g/mol. The maximum atomic E-state index is 5.86. The molecule has 0 spiro atoms. The molecule has 2 aromatic carbocycles. The predicted octanol–water partition coefficient (Wildman–Crippen LogP) is 3.53. The molecule has 1 N–H and O–H groups in total. The van der Waals surface area contributed by atoms with Gasteiger partial charge in [-0.05, 0) is 17.7 Å². The van der Waals surface area contributed by atoms with Crippen molar-refractivity contribution in [3.8, 4) is 5.75 Å². The Hall–Kier alpha value is -1.58. The van der Waals surface area contributed by atoms with Gasteiger partial charge < -0.3 is 4.84 Å². The molecule has 0 saturated carbocycles. The van der Waals surface area contributed by atoms with E-state index in [-0.39, 0.29) is 6.04 Å². The van der Waals surface area contributed by atoms with Gasteiger partial charge in [-0.15, -0.1) is 5.48 Å². The van der Waals surface area contributed by atoms with Crippen molar-refractivity contribution in [2.24, 2.45) is 0 Å². The van der Waals surface area contributed by atoms with Crippen molar-refractivity contribution in [3.63, 3.8) is 0 Å². The second-order valence-electron chi connectivity index (χ2n) is 6.54. The maximum Gasteiger partial charge on any atom is 0.151 e. The van der Waals surface area contributed by atoms with Crippen molar-refractivity contribution < 1.29 is 4.84 Å². The van der Waals surface area contributed by atoms with Crippen LogP contribution in [0.4, 0.5) is 0 Å². The van der Waals surface area contributed by atoms with Gasteiger partial charge in [-0.25, -0.2) is 0 Å². The zero-order valence-corrected chi connectivity index (χ0v) is 13.5. The summed E-state index contributed by atoms with van der Waals surface area (Å²) in [5.74, 6) is 1.06. The van der Waals surface area contributed by atoms with Crippen LogP contribution in [0, 0.1) is 6.92 Å². The fraction of sp³-hybridized carbons (Fsp3) is 0.294. The molecule has 0 amide bonds. The van der Waals surface area contributed by atoms with Crippen LogP contribution in [-0.2, 0) is 0 Å². The van der Waals surface area contributed by atoms with Gasteiger partial charge in [0.15, 0.2) is 5.75 Å². The minimum absolute atomic E-state index is 0.140. The Balaban J connectivity index is 2.13. The molecule has 0 saturated heterocycles. The van der Waals surface area contributed by atoms with E-state index in [1.165, 1.54) is 21.9 Å². The lowest BCUT2D eigenvalue weighted by Gasteiger charge is -2.20. The molecular formula is C17H21NOSi. The van der Waals surface area contributed by atoms with E-state index in [0.717, 1.165) is 5.75 Å². The zero-order valence-electron chi connectivity index (χ0n) is 12.5. The van der Waals surface area contributed by atoms with Crippen LogP contribution in [-0.4, -0.2) is 8.07 Å². The van der Waals surface area contributed by atoms with Crippen molar-refractivity contribution in [2.45, 2.75) is 32.6 Å². The summed E-state index contributed by atoms with van der Waals surface area (Å²) in [6.07, 6.45) is 0. The minimum Gasteiger partial charge on any atom is -0.408 e. The van der Waals surface area contributed by atoms with Crippen LogP contribution in [0.1, 0.15) is 22.7 Å². The molecule has 1 aliphatic heterocycles. The van der Waals surface area contributed by atoms with E-state index >= 15 is 0 Å². The number of nitrogens with one attached hydrogen (secondary N) is 1. The Kier molecular flexibility index (Phi) is 3.19. The van der Waals surface area contributed by atoms with Crippen LogP contribution in [0.5, 0.6) is 5.75 Å². The Morgan fingerprint density at radius 2 is 1.75 bits per heavy atom. The van der Waals surface area contributed by atoms with E-state index in [1.54, 1.807) is 0 Å². The normalized spacial score (nSPS) is 17.7. The van der Waals surface area contributed by atoms with Gasteiger partial charge in [-0.2, -0.15) is 0 Å². The van der Waals surface area contributed by atoms with Gasteiger partial charge in [-0.3, -0.25) is 0 Å². The summed E-state index contributed by atoms with van der Waals surface area (Å²) < 4.78 is 0. The van der Waals surface area contributed by atoms with Crippen molar-refractivity contribution in [3.05, 3.63) is 59.2 Å². The van der Waals surface area contributed by atoms with E-state index in [0.29, 0.717) is 0 Å². The van der Waals surface area contributed by atoms with E-state index in [4.69, 9.17) is 4.84 Å². The Morgan fingerprint density at radius 3 is 2.40 bits per heavy atom. The van der Waals surface area contributed by atoms with Crippen molar-refractivity contribution in [1.29, 1.82) is 0 Å². The summed E-state index contributed by atoms with van der Waals surface area (Å²) >= 11 is 0. The third-order valence-electron chi connectivity index (χ3n) is 3.79. The molecule has 0 radical (unpaired) electrons. The Bertz CT molecular complexity index is 631. The summed E-state index contributed by atoms with van der Waals surface area (Å²) in [5.41, 5.74) is 7.03. The third kappa shape index (κ3) is 2.27. The lowest BCUT2D eigenvalue weighted by Crippen LogP contribution is -2.39. The summed E-state index contributed by atoms with van der Waals surface area (Å²) in [4.78, 5) is 5.86. The first-order chi connectivity index (χ1) is 9.47. The van der Waals surface area contributed by atoms with E-state index in [2.05, 4.69) is 68.4 Å². The number of benzene rings is 2. The summed E-state index contributed by atoms with van der Waals surface area (Å²) in [6, 6.07) is 15.2. The Labute approximate surface area is 121 Å². The molecule has 3 heteroatoms. The molecule has 20 heavy (non-hydrogen) atoms. The van der Waals surface area contributed by atoms with Crippen LogP contribution in [0.3, 0.4) is 0 Å². The first-order valence-electron chi connectivity index (χ1n) is 7.09. The first-order valence-corrected chi connectivity index (χ1v) is 10.6. The summed E-state index contributed by atoms with van der Waals surface area (Å²) in [6.45, 7) is 9.26. The highest BCUT2D eigenvalue weighted by molar-refractivity contribution is 6.89. The van der Waals surface area contributed by atoms with Crippen molar-refractivity contribution >= 4 is 13.3 Å². The second-order valence-corrected chi connectivity index (χ2v) is 11.6. The van der Waals surface area contributed by atoms with Crippen LogP contribution >= 0.6 is 0 Å². The average Bonchev–Trinajstić information content (AvgIpc) is 2.81. The molecule has 3 rings (SSSR count). The molecule has 0 aliphatic carbocycles. The van der Waals surface area contributed by atoms with Gasteiger partial charge in [0.25, 0.3) is 0 Å². The highest BCUT2D eigenvalue weighted by Crippen LogP contribution is 2.35. The van der Waals surface area contributed by atoms with Gasteiger partial charge in [0, 0.05) is 5.56 Å². The van der Waals surface area contributed by atoms with Crippen LogP contribution < -0.4 is 15.5 Å². The molecule has 1 atom stereocenters. The van der Waals surface area contributed by atoms with Crippen molar-refractivity contribution in [2.75, 3.05) is 0 Å². The predicted molar refractivity (Wildman–Crippen MR) is 86.2 cm³/mol. The number of hydrogen-bond donors (Lipinski definition) is 1. The fourth-order valence-electron chi connectivity index (χ4n) is 2.76. The van der Waals surface area contributed by atoms with E-state index in [9.17, 15) is 0 Å². The second kappa shape index (κ2) is 4.76. The Morgan fingerprint density at radius 1 is 1.05 bits per heavy atom. The highest BCUT2D eigenvalue weighted by atomic mass is 28.3. The zero-order chi connectivity index (χ0) is 14.3. The maximum absolute atomic E-state index is 5.86. The molecule has 0 fully saturated rings. The van der Waals surface area contributed by atoms with Crippen LogP contribution in [0.15, 0.2) is 42.5 Å². The molecule has 2 nitrogen and oxygen atoms in total. The molecule has 1 heterocycles. The van der Waals surface area contributed by atoms with Crippen molar-refractivity contribution in [1.82, 2.24) is 5.48 Å². The molecule has 1 unspecified atom stereocenters. The number of fused-ring (bicyclic) bond motifs is 1. The molecule has 0 bridgehead atoms. The van der Waals surface area contributed by atoms with Gasteiger partial charge in [0.1, 0.15) is 0 Å². The lowest BCUT2D eigenvalue weighted by atomic mass is 9.98. The van der Waals surface area contributed by atoms with Gasteiger partial charge >= 0.3 is 0 Å². The molecule has 2 aromatic rings. The number of rotatable bonds is 2. The molecule has 104 valence electrons. The summed E-state index contributed by atoms with van der Waals surface area (Å²) in [5, 5.41) is 1.40. The lowest BCUT2D eigenvalue weighted by molar-refractivity contribution is 0.208. The van der Waals surface area contributed by atoms with Gasteiger partial charge in [0.05, 0.1) is 14.1 Å². The quantitative estimate of drug-likeness (QED) is 0.851. The molecule has 0 aromatic heterocycles. The SMILES string of the molecule is Cc1cc2c(c([Si](C)(C)C)c1)ONC2c1ccccc1. The molecule has 1 aliphatic rings. The number of aryl methyl sites for hydroxylation is 1.